The number of nitrogens with two attached hydrogens (primary N) is 1. The van der Waals surface area contributed by atoms with Crippen LogP contribution in [0.5, 0.6) is 0 Å². The molecular weight excluding hydrogens is 206 g/mol. The van der Waals surface area contributed by atoms with Crippen molar-refractivity contribution in [2.24, 2.45) is 5.73 Å². The van der Waals surface area contributed by atoms with Crippen molar-refractivity contribution in [2.75, 3.05) is 0 Å². The monoisotopic (exact) mass is 225 g/mol. The van der Waals surface area contributed by atoms with Crippen LogP contribution in [0.4, 0.5) is 0 Å². The molecule has 2 aromatic rings. The van der Waals surface area contributed by atoms with Crippen LogP contribution in [-0.2, 0) is 13.0 Å². The van der Waals surface area contributed by atoms with Gasteiger partial charge in [-0.05, 0) is 35.6 Å². The first-order chi connectivity index (χ1) is 8.24. The van der Waals surface area contributed by atoms with Gasteiger partial charge in [0, 0.05) is 6.54 Å². The molecule has 0 saturated heterocycles. The van der Waals surface area contributed by atoms with Crippen LogP contribution >= 0.6 is 0 Å². The van der Waals surface area contributed by atoms with Crippen LogP contribution in [0.15, 0.2) is 42.5 Å². The highest BCUT2D eigenvalue weighted by molar-refractivity contribution is 5.68. The zero-order chi connectivity index (χ0) is 12.3. The lowest BCUT2D eigenvalue weighted by atomic mass is 9.96. The summed E-state index contributed by atoms with van der Waals surface area (Å²) in [4.78, 5) is 0. The lowest BCUT2D eigenvalue weighted by molar-refractivity contribution is 1.07. The Morgan fingerprint density at radius 2 is 1.88 bits per heavy atom. The molecule has 0 unspecified atom stereocenters. The average molecular weight is 225 g/mol. The third-order valence-electron chi connectivity index (χ3n) is 3.13. The zero-order valence-electron chi connectivity index (χ0n) is 10.5. The molecule has 88 valence electrons. The number of rotatable bonds is 3. The Morgan fingerprint density at radius 1 is 1.06 bits per heavy atom. The maximum atomic E-state index is 5.81. The highest BCUT2D eigenvalue weighted by atomic mass is 14.5. The van der Waals surface area contributed by atoms with Crippen LogP contribution in [0.3, 0.4) is 0 Å². The fourth-order valence-electron chi connectivity index (χ4n) is 2.10. The molecule has 0 saturated carbocycles. The van der Waals surface area contributed by atoms with Crippen molar-refractivity contribution in [1.29, 1.82) is 0 Å². The molecule has 2 aromatic carbocycles. The second kappa shape index (κ2) is 5.15. The van der Waals surface area contributed by atoms with Gasteiger partial charge in [-0.15, -0.1) is 0 Å². The Hall–Kier alpha value is -1.60. The van der Waals surface area contributed by atoms with E-state index >= 15 is 0 Å². The van der Waals surface area contributed by atoms with Crippen LogP contribution in [0.1, 0.15) is 23.6 Å². The van der Waals surface area contributed by atoms with Gasteiger partial charge in [-0.2, -0.15) is 0 Å². The number of benzene rings is 2. The molecule has 0 aliphatic carbocycles. The van der Waals surface area contributed by atoms with E-state index in [1.54, 1.807) is 0 Å². The number of aryl methyl sites for hydroxylation is 2. The molecule has 0 aliphatic heterocycles. The zero-order valence-corrected chi connectivity index (χ0v) is 10.5. The van der Waals surface area contributed by atoms with Gasteiger partial charge in [0.15, 0.2) is 0 Å². The summed E-state index contributed by atoms with van der Waals surface area (Å²) >= 11 is 0. The Morgan fingerprint density at radius 3 is 2.59 bits per heavy atom. The standard InChI is InChI=1S/C16H19N/c1-3-13-5-4-6-14(10-13)16-9-12(2)7-8-15(16)11-17/h4-10H,3,11,17H2,1-2H3. The molecule has 0 heterocycles. The smallest absolute Gasteiger partial charge is 0.0184 e. The molecule has 0 amide bonds. The fourth-order valence-corrected chi connectivity index (χ4v) is 2.10. The summed E-state index contributed by atoms with van der Waals surface area (Å²) in [6.07, 6.45) is 1.07. The van der Waals surface area contributed by atoms with E-state index in [9.17, 15) is 0 Å². The first kappa shape index (κ1) is 11.9. The van der Waals surface area contributed by atoms with E-state index in [4.69, 9.17) is 5.73 Å². The summed E-state index contributed by atoms with van der Waals surface area (Å²) in [6, 6.07) is 15.2. The first-order valence-electron chi connectivity index (χ1n) is 6.13. The minimum absolute atomic E-state index is 0.589. The maximum absolute atomic E-state index is 5.81. The summed E-state index contributed by atoms with van der Waals surface area (Å²) in [5.41, 5.74) is 12.2. The Labute approximate surface area is 103 Å². The molecule has 0 fully saturated rings. The topological polar surface area (TPSA) is 26.0 Å². The normalized spacial score (nSPS) is 10.5. The molecular formula is C16H19N. The van der Waals surface area contributed by atoms with Crippen molar-refractivity contribution in [3.63, 3.8) is 0 Å². The molecule has 17 heavy (non-hydrogen) atoms. The molecule has 0 aromatic heterocycles. The molecule has 1 nitrogen and oxygen atoms in total. The van der Waals surface area contributed by atoms with Crippen LogP contribution in [0.2, 0.25) is 0 Å². The van der Waals surface area contributed by atoms with Gasteiger partial charge in [-0.1, -0.05) is 55.0 Å². The summed E-state index contributed by atoms with van der Waals surface area (Å²) < 4.78 is 0. The van der Waals surface area contributed by atoms with Gasteiger partial charge in [0.25, 0.3) is 0 Å². The number of hydrogen-bond donors (Lipinski definition) is 1. The van der Waals surface area contributed by atoms with Crippen molar-refractivity contribution >= 4 is 0 Å². The minimum Gasteiger partial charge on any atom is -0.326 e. The second-order valence-electron chi connectivity index (χ2n) is 4.42. The molecule has 2 N–H and O–H groups in total. The van der Waals surface area contributed by atoms with Gasteiger partial charge >= 0.3 is 0 Å². The van der Waals surface area contributed by atoms with Gasteiger partial charge < -0.3 is 5.73 Å². The van der Waals surface area contributed by atoms with Crippen LogP contribution < -0.4 is 5.73 Å². The summed E-state index contributed by atoms with van der Waals surface area (Å²) in [7, 11) is 0. The van der Waals surface area contributed by atoms with E-state index in [2.05, 4.69) is 56.3 Å². The summed E-state index contributed by atoms with van der Waals surface area (Å²) in [5, 5.41) is 0. The molecule has 0 atom stereocenters. The molecule has 0 aliphatic rings. The molecule has 2 rings (SSSR count). The highest BCUT2D eigenvalue weighted by Crippen LogP contribution is 2.25. The molecule has 0 bridgehead atoms. The van der Waals surface area contributed by atoms with Crippen LogP contribution in [0.25, 0.3) is 11.1 Å². The molecule has 1 heteroatoms. The maximum Gasteiger partial charge on any atom is 0.0184 e. The van der Waals surface area contributed by atoms with Crippen molar-refractivity contribution < 1.29 is 0 Å². The Balaban J connectivity index is 2.54. The fraction of sp³-hybridized carbons (Fsp3) is 0.250. The lowest BCUT2D eigenvalue weighted by Gasteiger charge is -2.10. The van der Waals surface area contributed by atoms with Crippen LogP contribution in [-0.4, -0.2) is 0 Å². The first-order valence-corrected chi connectivity index (χ1v) is 6.13. The number of hydrogen-bond acceptors (Lipinski definition) is 1. The van der Waals surface area contributed by atoms with Crippen molar-refractivity contribution in [3.05, 3.63) is 59.2 Å². The molecule has 0 spiro atoms. The van der Waals surface area contributed by atoms with E-state index in [1.807, 2.05) is 0 Å². The Kier molecular flexibility index (Phi) is 3.60. The van der Waals surface area contributed by atoms with Gasteiger partial charge in [-0.25, -0.2) is 0 Å². The lowest BCUT2D eigenvalue weighted by Crippen LogP contribution is -1.99. The van der Waals surface area contributed by atoms with Crippen molar-refractivity contribution in [2.45, 2.75) is 26.8 Å². The minimum atomic E-state index is 0.589. The van der Waals surface area contributed by atoms with Crippen LogP contribution in [0, 0.1) is 6.92 Å². The third kappa shape index (κ3) is 2.56. The van der Waals surface area contributed by atoms with Crippen molar-refractivity contribution in [1.82, 2.24) is 0 Å². The summed E-state index contributed by atoms with van der Waals surface area (Å²) in [5.74, 6) is 0. The van der Waals surface area contributed by atoms with E-state index < -0.39 is 0 Å². The van der Waals surface area contributed by atoms with E-state index in [-0.39, 0.29) is 0 Å². The van der Waals surface area contributed by atoms with Gasteiger partial charge in [0.2, 0.25) is 0 Å². The molecule has 0 radical (unpaired) electrons. The quantitative estimate of drug-likeness (QED) is 0.847. The Bertz CT molecular complexity index is 515. The van der Waals surface area contributed by atoms with E-state index in [1.165, 1.54) is 27.8 Å². The van der Waals surface area contributed by atoms with Gasteiger partial charge in [-0.3, -0.25) is 0 Å². The van der Waals surface area contributed by atoms with Crippen molar-refractivity contribution in [3.8, 4) is 11.1 Å². The van der Waals surface area contributed by atoms with Gasteiger partial charge in [0.05, 0.1) is 0 Å². The second-order valence-corrected chi connectivity index (χ2v) is 4.42. The summed E-state index contributed by atoms with van der Waals surface area (Å²) in [6.45, 7) is 4.89. The highest BCUT2D eigenvalue weighted by Gasteiger charge is 2.04. The average Bonchev–Trinajstić information content (AvgIpc) is 2.39. The predicted octanol–water partition coefficient (Wildman–Crippen LogP) is 3.68. The van der Waals surface area contributed by atoms with E-state index in [0.717, 1.165) is 6.42 Å². The van der Waals surface area contributed by atoms with E-state index in [0.29, 0.717) is 6.54 Å². The largest absolute Gasteiger partial charge is 0.326 e. The third-order valence-corrected chi connectivity index (χ3v) is 3.13. The SMILES string of the molecule is CCc1cccc(-c2cc(C)ccc2CN)c1. The predicted molar refractivity (Wildman–Crippen MR) is 73.9 cm³/mol. The van der Waals surface area contributed by atoms with Gasteiger partial charge in [0.1, 0.15) is 0 Å².